The number of hydrogen-bond donors (Lipinski definition) is 0. The lowest BCUT2D eigenvalue weighted by atomic mass is 10.1. The largest absolute Gasteiger partial charge is 0.457 e. The summed E-state index contributed by atoms with van der Waals surface area (Å²) in [4.78, 5) is 15.1. The molecule has 2 aromatic carbocycles. The summed E-state index contributed by atoms with van der Waals surface area (Å²) in [5.41, 5.74) is 3.97. The fraction of sp³-hybridized carbons (Fsp3) is 0.0455. The van der Waals surface area contributed by atoms with Crippen molar-refractivity contribution in [1.29, 1.82) is 0 Å². The molecule has 0 aliphatic heterocycles. The SMILES string of the molecule is Cc1ccc(-c2csc(/C=C/c3ccc(-c4cccc([N+](=O)[O-])c4)o3)n2)cc1. The van der Waals surface area contributed by atoms with Gasteiger partial charge in [-0.25, -0.2) is 4.98 Å². The molecule has 0 spiro atoms. The second-order valence-corrected chi connectivity index (χ2v) is 7.17. The molecule has 0 aliphatic rings. The molecular weight excluding hydrogens is 372 g/mol. The third-order valence-corrected chi connectivity index (χ3v) is 5.04. The smallest absolute Gasteiger partial charge is 0.270 e. The van der Waals surface area contributed by atoms with Crippen LogP contribution in [0, 0.1) is 17.0 Å². The summed E-state index contributed by atoms with van der Waals surface area (Å²) >= 11 is 1.56. The van der Waals surface area contributed by atoms with Gasteiger partial charge in [0.2, 0.25) is 0 Å². The van der Waals surface area contributed by atoms with Gasteiger partial charge in [0.15, 0.2) is 0 Å². The number of aryl methyl sites for hydroxylation is 1. The van der Waals surface area contributed by atoms with E-state index in [-0.39, 0.29) is 5.69 Å². The van der Waals surface area contributed by atoms with E-state index in [0.29, 0.717) is 17.1 Å². The summed E-state index contributed by atoms with van der Waals surface area (Å²) in [6, 6.07) is 18.3. The molecule has 0 atom stereocenters. The van der Waals surface area contributed by atoms with Gasteiger partial charge in [-0.3, -0.25) is 10.1 Å². The van der Waals surface area contributed by atoms with Crippen LogP contribution in [-0.4, -0.2) is 9.91 Å². The Bertz CT molecular complexity index is 1160. The topological polar surface area (TPSA) is 69.2 Å². The van der Waals surface area contributed by atoms with E-state index >= 15 is 0 Å². The maximum absolute atomic E-state index is 10.9. The van der Waals surface area contributed by atoms with Gasteiger partial charge >= 0.3 is 0 Å². The van der Waals surface area contributed by atoms with Crippen LogP contribution in [0.3, 0.4) is 0 Å². The molecule has 0 saturated heterocycles. The molecule has 4 rings (SSSR count). The lowest BCUT2D eigenvalue weighted by Gasteiger charge is -1.97. The molecular formula is C22H16N2O3S. The zero-order chi connectivity index (χ0) is 19.5. The molecule has 0 N–H and O–H groups in total. The first kappa shape index (κ1) is 17.9. The van der Waals surface area contributed by atoms with E-state index in [1.165, 1.54) is 17.7 Å². The maximum Gasteiger partial charge on any atom is 0.270 e. The van der Waals surface area contributed by atoms with E-state index in [4.69, 9.17) is 4.42 Å². The van der Waals surface area contributed by atoms with Crippen LogP contribution < -0.4 is 0 Å². The second-order valence-electron chi connectivity index (χ2n) is 6.28. The summed E-state index contributed by atoms with van der Waals surface area (Å²) in [5.74, 6) is 1.25. The molecule has 0 bridgehead atoms. The van der Waals surface area contributed by atoms with Crippen LogP contribution in [0.1, 0.15) is 16.3 Å². The van der Waals surface area contributed by atoms with Crippen LogP contribution in [0.15, 0.2) is 70.5 Å². The monoisotopic (exact) mass is 388 g/mol. The molecule has 0 amide bonds. The van der Waals surface area contributed by atoms with Gasteiger partial charge in [0, 0.05) is 28.6 Å². The summed E-state index contributed by atoms with van der Waals surface area (Å²) in [6.07, 6.45) is 3.75. The first-order valence-electron chi connectivity index (χ1n) is 8.64. The van der Waals surface area contributed by atoms with Crippen molar-refractivity contribution in [2.75, 3.05) is 0 Å². The Hall–Kier alpha value is -3.51. The van der Waals surface area contributed by atoms with Gasteiger partial charge in [-0.2, -0.15) is 0 Å². The number of rotatable bonds is 5. The van der Waals surface area contributed by atoms with Crippen LogP contribution in [0.4, 0.5) is 5.69 Å². The number of non-ortho nitro benzene ring substituents is 1. The van der Waals surface area contributed by atoms with Gasteiger partial charge in [-0.05, 0) is 31.2 Å². The van der Waals surface area contributed by atoms with E-state index in [2.05, 4.69) is 36.2 Å². The summed E-state index contributed by atoms with van der Waals surface area (Å²) in [6.45, 7) is 2.06. The molecule has 2 aromatic heterocycles. The highest BCUT2D eigenvalue weighted by molar-refractivity contribution is 7.10. The van der Waals surface area contributed by atoms with E-state index in [1.807, 2.05) is 23.6 Å². The Morgan fingerprint density at radius 3 is 2.64 bits per heavy atom. The molecule has 6 heteroatoms. The van der Waals surface area contributed by atoms with Crippen LogP contribution >= 0.6 is 11.3 Å². The summed E-state index contributed by atoms with van der Waals surface area (Å²) in [7, 11) is 0. The Morgan fingerprint density at radius 1 is 1.04 bits per heavy atom. The Labute approximate surface area is 165 Å². The van der Waals surface area contributed by atoms with Gasteiger partial charge in [0.1, 0.15) is 16.5 Å². The summed E-state index contributed by atoms with van der Waals surface area (Å²) < 4.78 is 5.80. The van der Waals surface area contributed by atoms with Crippen molar-refractivity contribution >= 4 is 29.2 Å². The van der Waals surface area contributed by atoms with Gasteiger partial charge in [-0.1, -0.05) is 42.0 Å². The standard InChI is InChI=1S/C22H16N2O3S/c1-15-5-7-16(8-6-15)20-14-28-22(23-20)12-10-19-9-11-21(27-19)17-3-2-4-18(13-17)24(25)26/h2-14H,1H3/b12-10+. The maximum atomic E-state index is 10.9. The minimum Gasteiger partial charge on any atom is -0.457 e. The molecule has 2 heterocycles. The zero-order valence-corrected chi connectivity index (χ0v) is 15.8. The predicted molar refractivity (Wildman–Crippen MR) is 112 cm³/mol. The minimum absolute atomic E-state index is 0.0393. The van der Waals surface area contributed by atoms with Crippen molar-refractivity contribution in [2.45, 2.75) is 6.92 Å². The van der Waals surface area contributed by atoms with Gasteiger partial charge in [0.25, 0.3) is 5.69 Å². The molecule has 5 nitrogen and oxygen atoms in total. The number of nitro benzene ring substituents is 1. The fourth-order valence-electron chi connectivity index (χ4n) is 2.74. The second kappa shape index (κ2) is 7.62. The molecule has 0 aliphatic carbocycles. The van der Waals surface area contributed by atoms with E-state index in [0.717, 1.165) is 16.3 Å². The molecule has 0 radical (unpaired) electrons. The molecule has 0 saturated carbocycles. The average Bonchev–Trinajstić information content (AvgIpc) is 3.37. The molecule has 138 valence electrons. The minimum atomic E-state index is -0.415. The van der Waals surface area contributed by atoms with Gasteiger partial charge < -0.3 is 4.42 Å². The third kappa shape index (κ3) is 3.92. The number of nitro groups is 1. The quantitative estimate of drug-likeness (QED) is 0.291. The van der Waals surface area contributed by atoms with E-state index in [9.17, 15) is 10.1 Å². The number of nitrogens with zero attached hydrogens (tertiary/aromatic N) is 2. The molecule has 28 heavy (non-hydrogen) atoms. The van der Waals surface area contributed by atoms with Crippen LogP contribution in [0.5, 0.6) is 0 Å². The molecule has 4 aromatic rings. The number of benzene rings is 2. The van der Waals surface area contributed by atoms with Gasteiger partial charge in [-0.15, -0.1) is 11.3 Å². The average molecular weight is 388 g/mol. The summed E-state index contributed by atoms with van der Waals surface area (Å²) in [5, 5.41) is 13.8. The lowest BCUT2D eigenvalue weighted by molar-refractivity contribution is -0.384. The van der Waals surface area contributed by atoms with Crippen molar-refractivity contribution < 1.29 is 9.34 Å². The predicted octanol–water partition coefficient (Wildman–Crippen LogP) is 6.46. The highest BCUT2D eigenvalue weighted by Gasteiger charge is 2.10. The number of aromatic nitrogens is 1. The first-order valence-corrected chi connectivity index (χ1v) is 9.52. The van der Waals surface area contributed by atoms with E-state index in [1.54, 1.807) is 29.5 Å². The zero-order valence-electron chi connectivity index (χ0n) is 15.0. The highest BCUT2D eigenvalue weighted by atomic mass is 32.1. The number of thiazole rings is 1. The molecule has 0 fully saturated rings. The van der Waals surface area contributed by atoms with E-state index < -0.39 is 4.92 Å². The number of furan rings is 1. The van der Waals surface area contributed by atoms with Crippen molar-refractivity contribution in [1.82, 2.24) is 4.98 Å². The molecule has 0 unspecified atom stereocenters. The van der Waals surface area contributed by atoms with Crippen LogP contribution in [0.2, 0.25) is 0 Å². The third-order valence-electron chi connectivity index (χ3n) is 4.23. The Kier molecular flexibility index (Phi) is 4.87. The fourth-order valence-corrected chi connectivity index (χ4v) is 3.46. The van der Waals surface area contributed by atoms with Crippen LogP contribution in [0.25, 0.3) is 34.7 Å². The first-order chi connectivity index (χ1) is 13.6. The van der Waals surface area contributed by atoms with Crippen molar-refractivity contribution in [3.8, 4) is 22.6 Å². The number of hydrogen-bond acceptors (Lipinski definition) is 5. The van der Waals surface area contributed by atoms with Crippen molar-refractivity contribution in [3.63, 3.8) is 0 Å². The normalized spacial score (nSPS) is 11.2. The Morgan fingerprint density at radius 2 is 1.86 bits per heavy atom. The van der Waals surface area contributed by atoms with Gasteiger partial charge in [0.05, 0.1) is 10.6 Å². The lowest BCUT2D eigenvalue weighted by Crippen LogP contribution is -1.87. The Balaban J connectivity index is 1.51. The van der Waals surface area contributed by atoms with Crippen molar-refractivity contribution in [3.05, 3.63) is 92.5 Å². The highest BCUT2D eigenvalue weighted by Crippen LogP contribution is 2.27. The van der Waals surface area contributed by atoms with Crippen LogP contribution in [-0.2, 0) is 0 Å². The van der Waals surface area contributed by atoms with Crippen molar-refractivity contribution in [2.24, 2.45) is 0 Å².